The van der Waals surface area contributed by atoms with Crippen molar-refractivity contribution in [3.63, 3.8) is 0 Å². The molecular weight excluding hydrogens is 411 g/mol. The summed E-state index contributed by atoms with van der Waals surface area (Å²) in [5, 5.41) is 9.09. The van der Waals surface area contributed by atoms with Gasteiger partial charge in [0, 0.05) is 38.9 Å². The number of carbonyl (C=O) groups excluding carboxylic acids is 1. The van der Waals surface area contributed by atoms with Gasteiger partial charge in [0.05, 0.1) is 11.7 Å². The smallest absolute Gasteiger partial charge is 0.254 e. The van der Waals surface area contributed by atoms with E-state index in [1.807, 2.05) is 25.1 Å². The highest BCUT2D eigenvalue weighted by molar-refractivity contribution is 5.94. The number of hydrogen-bond donors (Lipinski definition) is 3. The van der Waals surface area contributed by atoms with E-state index < -0.39 is 11.7 Å². The highest BCUT2D eigenvalue weighted by Gasteiger charge is 2.17. The Morgan fingerprint density at radius 2 is 2.00 bits per heavy atom. The first-order chi connectivity index (χ1) is 15.6. The number of nitrogens with zero attached hydrogens (tertiary/aromatic N) is 1. The minimum Gasteiger partial charge on any atom is -0.491 e. The van der Waals surface area contributed by atoms with Crippen molar-refractivity contribution in [3.05, 3.63) is 65.0 Å². The van der Waals surface area contributed by atoms with E-state index in [1.165, 1.54) is 12.1 Å². The number of ether oxygens (including phenoxy) is 2. The van der Waals surface area contributed by atoms with E-state index in [0.717, 1.165) is 36.3 Å². The number of rotatable bonds is 9. The van der Waals surface area contributed by atoms with Crippen molar-refractivity contribution in [2.75, 3.05) is 33.4 Å². The lowest BCUT2D eigenvalue weighted by molar-refractivity contribution is 0.0676. The van der Waals surface area contributed by atoms with Crippen molar-refractivity contribution in [1.29, 1.82) is 0 Å². The van der Waals surface area contributed by atoms with Gasteiger partial charge in [-0.05, 0) is 43.5 Å². The lowest BCUT2D eigenvalue weighted by Gasteiger charge is -2.17. The van der Waals surface area contributed by atoms with E-state index in [9.17, 15) is 9.18 Å². The minimum atomic E-state index is -0.536. The molecule has 2 aromatic rings. The molecule has 1 heterocycles. The van der Waals surface area contributed by atoms with Gasteiger partial charge in [-0.1, -0.05) is 24.3 Å². The van der Waals surface area contributed by atoms with Crippen LogP contribution in [0.1, 0.15) is 34.3 Å². The molecule has 7 nitrogen and oxygen atoms in total. The lowest BCUT2D eigenvalue weighted by Crippen LogP contribution is -2.41. The Kier molecular flexibility index (Phi) is 8.86. The highest BCUT2D eigenvalue weighted by Crippen LogP contribution is 2.22. The van der Waals surface area contributed by atoms with Crippen LogP contribution in [0.3, 0.4) is 0 Å². The van der Waals surface area contributed by atoms with E-state index in [4.69, 9.17) is 9.47 Å². The molecule has 0 spiro atoms. The number of amides is 1. The number of aryl methyl sites for hydroxylation is 1. The Bertz CT molecular complexity index is 929. The lowest BCUT2D eigenvalue weighted by atomic mass is 10.1. The molecular formula is C24H31FN4O3. The van der Waals surface area contributed by atoms with Crippen molar-refractivity contribution >= 4 is 11.9 Å². The SMILES string of the molecule is CN=C(NCCNC(=O)c1ccccc1F)NCc1ccc(C)cc1OCC1CCCO1. The fourth-order valence-electron chi connectivity index (χ4n) is 3.40. The Morgan fingerprint density at radius 3 is 2.75 bits per heavy atom. The topological polar surface area (TPSA) is 84.0 Å². The maximum atomic E-state index is 13.7. The standard InChI is InChI=1S/C24H31FN4O3/c1-17-9-10-18(22(14-17)32-16-19-6-5-13-31-19)15-29-24(26-2)28-12-11-27-23(30)20-7-3-4-8-21(20)25/h3-4,7-10,14,19H,5-6,11-13,15-16H2,1-2H3,(H,27,30)(H2,26,28,29). The highest BCUT2D eigenvalue weighted by atomic mass is 19.1. The van der Waals surface area contributed by atoms with E-state index in [2.05, 4.69) is 20.9 Å². The van der Waals surface area contributed by atoms with Gasteiger partial charge in [0.2, 0.25) is 0 Å². The number of aliphatic imine (C=N–C) groups is 1. The zero-order chi connectivity index (χ0) is 22.8. The van der Waals surface area contributed by atoms with Crippen molar-refractivity contribution in [2.24, 2.45) is 4.99 Å². The second kappa shape index (κ2) is 12.0. The van der Waals surface area contributed by atoms with Gasteiger partial charge in [-0.15, -0.1) is 0 Å². The Balaban J connectivity index is 1.44. The predicted octanol–water partition coefficient (Wildman–Crippen LogP) is 2.79. The molecule has 1 saturated heterocycles. The van der Waals surface area contributed by atoms with Crippen LogP contribution in [0, 0.1) is 12.7 Å². The van der Waals surface area contributed by atoms with Crippen LogP contribution in [0.25, 0.3) is 0 Å². The maximum absolute atomic E-state index is 13.7. The second-order valence-electron chi connectivity index (χ2n) is 7.65. The fraction of sp³-hybridized carbons (Fsp3) is 0.417. The van der Waals surface area contributed by atoms with E-state index in [-0.39, 0.29) is 11.7 Å². The van der Waals surface area contributed by atoms with Crippen LogP contribution >= 0.6 is 0 Å². The summed E-state index contributed by atoms with van der Waals surface area (Å²) in [6, 6.07) is 12.0. The molecule has 3 rings (SSSR count). The van der Waals surface area contributed by atoms with Gasteiger partial charge >= 0.3 is 0 Å². The number of halogens is 1. The normalized spacial score (nSPS) is 16.0. The van der Waals surface area contributed by atoms with Crippen LogP contribution in [0.2, 0.25) is 0 Å². The molecule has 0 saturated carbocycles. The Labute approximate surface area is 188 Å². The summed E-state index contributed by atoms with van der Waals surface area (Å²) in [6.45, 7) is 4.68. The molecule has 3 N–H and O–H groups in total. The molecule has 32 heavy (non-hydrogen) atoms. The monoisotopic (exact) mass is 442 g/mol. The minimum absolute atomic E-state index is 0.0323. The maximum Gasteiger partial charge on any atom is 0.254 e. The molecule has 0 radical (unpaired) electrons. The zero-order valence-electron chi connectivity index (χ0n) is 18.6. The van der Waals surface area contributed by atoms with Gasteiger partial charge in [0.15, 0.2) is 5.96 Å². The molecule has 1 fully saturated rings. The molecule has 0 bridgehead atoms. The third kappa shape index (κ3) is 6.95. The summed E-state index contributed by atoms with van der Waals surface area (Å²) in [7, 11) is 1.68. The third-order valence-corrected chi connectivity index (χ3v) is 5.16. The molecule has 1 atom stereocenters. The largest absolute Gasteiger partial charge is 0.491 e. The van der Waals surface area contributed by atoms with Crippen LogP contribution in [0.15, 0.2) is 47.5 Å². The molecule has 2 aromatic carbocycles. The van der Waals surface area contributed by atoms with E-state index in [1.54, 1.807) is 19.2 Å². The van der Waals surface area contributed by atoms with Crippen LogP contribution in [-0.2, 0) is 11.3 Å². The van der Waals surface area contributed by atoms with Crippen molar-refractivity contribution in [1.82, 2.24) is 16.0 Å². The van der Waals surface area contributed by atoms with E-state index in [0.29, 0.717) is 32.2 Å². The number of nitrogens with one attached hydrogen (secondary N) is 3. The van der Waals surface area contributed by atoms with Gasteiger partial charge in [-0.2, -0.15) is 0 Å². The predicted molar refractivity (Wildman–Crippen MR) is 123 cm³/mol. The van der Waals surface area contributed by atoms with Crippen LogP contribution in [-0.4, -0.2) is 51.3 Å². The van der Waals surface area contributed by atoms with Gasteiger partial charge in [0.1, 0.15) is 18.2 Å². The van der Waals surface area contributed by atoms with Crippen LogP contribution < -0.4 is 20.7 Å². The summed E-state index contributed by atoms with van der Waals surface area (Å²) < 4.78 is 25.4. The number of hydrogen-bond acceptors (Lipinski definition) is 4. The van der Waals surface area contributed by atoms with Gasteiger partial charge in [0.25, 0.3) is 5.91 Å². The number of guanidine groups is 1. The van der Waals surface area contributed by atoms with E-state index >= 15 is 0 Å². The first-order valence-electron chi connectivity index (χ1n) is 10.9. The second-order valence-corrected chi connectivity index (χ2v) is 7.65. The van der Waals surface area contributed by atoms with Crippen molar-refractivity contribution in [3.8, 4) is 5.75 Å². The van der Waals surface area contributed by atoms with Gasteiger partial charge in [-0.3, -0.25) is 9.79 Å². The number of benzene rings is 2. The quantitative estimate of drug-likeness (QED) is 0.316. The molecule has 0 aliphatic carbocycles. The average molecular weight is 443 g/mol. The molecule has 8 heteroatoms. The summed E-state index contributed by atoms with van der Waals surface area (Å²) >= 11 is 0. The van der Waals surface area contributed by atoms with Crippen LogP contribution in [0.4, 0.5) is 4.39 Å². The Morgan fingerprint density at radius 1 is 1.19 bits per heavy atom. The first kappa shape index (κ1) is 23.5. The Hall–Kier alpha value is -3.13. The molecule has 0 aromatic heterocycles. The molecule has 1 aliphatic rings. The summed E-state index contributed by atoms with van der Waals surface area (Å²) in [5.74, 6) is 0.447. The molecule has 1 amide bonds. The molecule has 1 unspecified atom stereocenters. The molecule has 172 valence electrons. The third-order valence-electron chi connectivity index (χ3n) is 5.16. The number of carbonyl (C=O) groups is 1. The van der Waals surface area contributed by atoms with Gasteiger partial charge in [-0.25, -0.2) is 4.39 Å². The summed E-state index contributed by atoms with van der Waals surface area (Å²) in [4.78, 5) is 16.3. The first-order valence-corrected chi connectivity index (χ1v) is 10.9. The van der Waals surface area contributed by atoms with Crippen molar-refractivity contribution in [2.45, 2.75) is 32.4 Å². The summed E-state index contributed by atoms with van der Waals surface area (Å²) in [6.07, 6.45) is 2.27. The zero-order valence-corrected chi connectivity index (χ0v) is 18.6. The fourth-order valence-corrected chi connectivity index (χ4v) is 3.40. The van der Waals surface area contributed by atoms with Crippen LogP contribution in [0.5, 0.6) is 5.75 Å². The van der Waals surface area contributed by atoms with Gasteiger partial charge < -0.3 is 25.4 Å². The molecule has 1 aliphatic heterocycles. The average Bonchev–Trinajstić information content (AvgIpc) is 3.32. The summed E-state index contributed by atoms with van der Waals surface area (Å²) in [5.41, 5.74) is 2.18. The van der Waals surface area contributed by atoms with Crippen molar-refractivity contribution < 1.29 is 18.7 Å².